The van der Waals surface area contributed by atoms with Gasteiger partial charge in [0.05, 0.1) is 6.04 Å². The SMILES string of the molecule is CCc1ccc(CC(NN)c2cc(Cl)cc(Br)c2)s1. The highest BCUT2D eigenvalue weighted by Gasteiger charge is 2.13. The van der Waals surface area contributed by atoms with Crippen molar-refractivity contribution in [3.05, 3.63) is 55.1 Å². The summed E-state index contributed by atoms with van der Waals surface area (Å²) >= 11 is 11.4. The van der Waals surface area contributed by atoms with Crippen LogP contribution in [0.4, 0.5) is 0 Å². The van der Waals surface area contributed by atoms with Crippen molar-refractivity contribution >= 4 is 38.9 Å². The molecule has 0 saturated carbocycles. The predicted molar refractivity (Wildman–Crippen MR) is 86.6 cm³/mol. The standard InChI is InChI=1S/C14H16BrClN2S/c1-2-12-3-4-13(19-12)8-14(18-17)9-5-10(15)7-11(16)6-9/h3-7,14,18H,2,8,17H2,1H3. The summed E-state index contributed by atoms with van der Waals surface area (Å²) in [5.41, 5.74) is 3.97. The molecule has 0 amide bonds. The van der Waals surface area contributed by atoms with Crippen LogP contribution in [0.5, 0.6) is 0 Å². The van der Waals surface area contributed by atoms with Gasteiger partial charge in [-0.2, -0.15) is 0 Å². The summed E-state index contributed by atoms with van der Waals surface area (Å²) in [5.74, 6) is 5.69. The highest BCUT2D eigenvalue weighted by atomic mass is 79.9. The van der Waals surface area contributed by atoms with E-state index in [4.69, 9.17) is 17.4 Å². The van der Waals surface area contributed by atoms with E-state index >= 15 is 0 Å². The molecular weight excluding hydrogens is 344 g/mol. The van der Waals surface area contributed by atoms with E-state index in [0.29, 0.717) is 5.02 Å². The normalized spacial score (nSPS) is 12.6. The van der Waals surface area contributed by atoms with E-state index in [1.165, 1.54) is 9.75 Å². The molecule has 1 atom stereocenters. The van der Waals surface area contributed by atoms with E-state index in [1.54, 1.807) is 0 Å². The molecule has 1 unspecified atom stereocenters. The summed E-state index contributed by atoms with van der Waals surface area (Å²) in [6, 6.07) is 10.3. The van der Waals surface area contributed by atoms with Crippen LogP contribution < -0.4 is 11.3 Å². The Morgan fingerprint density at radius 3 is 2.63 bits per heavy atom. The number of hydrazine groups is 1. The summed E-state index contributed by atoms with van der Waals surface area (Å²) < 4.78 is 0.968. The molecule has 5 heteroatoms. The van der Waals surface area contributed by atoms with Gasteiger partial charge in [-0.1, -0.05) is 34.5 Å². The summed E-state index contributed by atoms with van der Waals surface area (Å²) in [6.45, 7) is 2.17. The number of hydrogen-bond donors (Lipinski definition) is 2. The molecule has 2 rings (SSSR count). The van der Waals surface area contributed by atoms with Gasteiger partial charge in [-0.25, -0.2) is 0 Å². The minimum Gasteiger partial charge on any atom is -0.271 e. The van der Waals surface area contributed by atoms with Crippen molar-refractivity contribution in [3.63, 3.8) is 0 Å². The van der Waals surface area contributed by atoms with Crippen LogP contribution in [0.3, 0.4) is 0 Å². The van der Waals surface area contributed by atoms with Gasteiger partial charge in [-0.05, 0) is 42.3 Å². The third-order valence-corrected chi connectivity index (χ3v) is 4.89. The quantitative estimate of drug-likeness (QED) is 0.610. The Morgan fingerprint density at radius 1 is 1.32 bits per heavy atom. The Bertz CT molecular complexity index is 536. The topological polar surface area (TPSA) is 38.0 Å². The van der Waals surface area contributed by atoms with Crippen LogP contribution in [-0.4, -0.2) is 0 Å². The Morgan fingerprint density at radius 2 is 2.05 bits per heavy atom. The maximum atomic E-state index is 6.08. The molecule has 0 spiro atoms. The Kier molecular flexibility index (Phi) is 5.42. The highest BCUT2D eigenvalue weighted by molar-refractivity contribution is 9.10. The van der Waals surface area contributed by atoms with E-state index < -0.39 is 0 Å². The van der Waals surface area contributed by atoms with Crippen LogP contribution >= 0.6 is 38.9 Å². The number of nitrogens with one attached hydrogen (secondary N) is 1. The zero-order valence-electron chi connectivity index (χ0n) is 10.6. The molecule has 102 valence electrons. The van der Waals surface area contributed by atoms with Gasteiger partial charge in [0.15, 0.2) is 0 Å². The van der Waals surface area contributed by atoms with Crippen LogP contribution in [0, 0.1) is 0 Å². The second-order valence-corrected chi connectivity index (χ2v) is 6.95. The van der Waals surface area contributed by atoms with E-state index in [-0.39, 0.29) is 6.04 Å². The van der Waals surface area contributed by atoms with Crippen LogP contribution in [0.1, 0.15) is 28.3 Å². The molecule has 1 heterocycles. The molecule has 3 N–H and O–H groups in total. The molecular formula is C14H16BrClN2S. The minimum absolute atomic E-state index is 0.0679. The third-order valence-electron chi connectivity index (χ3n) is 2.96. The van der Waals surface area contributed by atoms with Gasteiger partial charge in [0.2, 0.25) is 0 Å². The number of hydrogen-bond acceptors (Lipinski definition) is 3. The Balaban J connectivity index is 2.19. The molecule has 2 nitrogen and oxygen atoms in total. The van der Waals surface area contributed by atoms with Crippen LogP contribution in [0.25, 0.3) is 0 Å². The first-order valence-corrected chi connectivity index (χ1v) is 8.10. The second kappa shape index (κ2) is 6.86. The predicted octanol–water partition coefficient (Wildman–Crippen LogP) is 4.47. The number of aryl methyl sites for hydroxylation is 1. The monoisotopic (exact) mass is 358 g/mol. The molecule has 0 aliphatic carbocycles. The fourth-order valence-electron chi connectivity index (χ4n) is 1.97. The van der Waals surface area contributed by atoms with Crippen molar-refractivity contribution in [2.45, 2.75) is 25.8 Å². The van der Waals surface area contributed by atoms with Crippen molar-refractivity contribution in [1.29, 1.82) is 0 Å². The molecule has 1 aromatic heterocycles. The first-order chi connectivity index (χ1) is 9.12. The molecule has 0 bridgehead atoms. The van der Waals surface area contributed by atoms with Crippen molar-refractivity contribution in [3.8, 4) is 0 Å². The van der Waals surface area contributed by atoms with Gasteiger partial charge in [0.1, 0.15) is 0 Å². The lowest BCUT2D eigenvalue weighted by atomic mass is 10.0. The molecule has 19 heavy (non-hydrogen) atoms. The average molecular weight is 360 g/mol. The molecule has 0 aliphatic heterocycles. The Hall–Kier alpha value is -0.390. The number of rotatable bonds is 5. The van der Waals surface area contributed by atoms with E-state index in [0.717, 1.165) is 22.9 Å². The number of nitrogens with two attached hydrogens (primary N) is 1. The largest absolute Gasteiger partial charge is 0.271 e. The lowest BCUT2D eigenvalue weighted by molar-refractivity contribution is 0.555. The molecule has 0 saturated heterocycles. The van der Waals surface area contributed by atoms with Gasteiger partial charge >= 0.3 is 0 Å². The van der Waals surface area contributed by atoms with Crippen molar-refractivity contribution in [1.82, 2.24) is 5.43 Å². The maximum Gasteiger partial charge on any atom is 0.0509 e. The van der Waals surface area contributed by atoms with Gasteiger partial charge in [0, 0.05) is 25.7 Å². The van der Waals surface area contributed by atoms with Gasteiger partial charge in [-0.15, -0.1) is 11.3 Å². The maximum absolute atomic E-state index is 6.08. The first kappa shape index (κ1) is 15.0. The fourth-order valence-corrected chi connectivity index (χ4v) is 3.86. The number of benzene rings is 1. The molecule has 0 radical (unpaired) electrons. The number of halogens is 2. The van der Waals surface area contributed by atoms with Crippen LogP contribution in [0.15, 0.2) is 34.8 Å². The first-order valence-electron chi connectivity index (χ1n) is 6.12. The van der Waals surface area contributed by atoms with Crippen molar-refractivity contribution < 1.29 is 0 Å². The lowest BCUT2D eigenvalue weighted by Gasteiger charge is -2.16. The lowest BCUT2D eigenvalue weighted by Crippen LogP contribution is -2.29. The van der Waals surface area contributed by atoms with Crippen LogP contribution in [-0.2, 0) is 12.8 Å². The zero-order chi connectivity index (χ0) is 13.8. The second-order valence-electron chi connectivity index (χ2n) is 4.35. The van der Waals surface area contributed by atoms with Gasteiger partial charge < -0.3 is 0 Å². The average Bonchev–Trinajstić information content (AvgIpc) is 2.82. The van der Waals surface area contributed by atoms with Crippen molar-refractivity contribution in [2.75, 3.05) is 0 Å². The summed E-state index contributed by atoms with van der Waals surface area (Å²) in [5, 5.41) is 0.713. The number of thiophene rings is 1. The zero-order valence-corrected chi connectivity index (χ0v) is 13.8. The summed E-state index contributed by atoms with van der Waals surface area (Å²) in [7, 11) is 0. The fraction of sp³-hybridized carbons (Fsp3) is 0.286. The van der Waals surface area contributed by atoms with Crippen molar-refractivity contribution in [2.24, 2.45) is 5.84 Å². The molecule has 0 aliphatic rings. The highest BCUT2D eigenvalue weighted by Crippen LogP contribution is 2.28. The van der Waals surface area contributed by atoms with E-state index in [9.17, 15) is 0 Å². The van der Waals surface area contributed by atoms with Gasteiger partial charge in [0.25, 0.3) is 0 Å². The smallest absolute Gasteiger partial charge is 0.0509 e. The van der Waals surface area contributed by atoms with Crippen LogP contribution in [0.2, 0.25) is 5.02 Å². The molecule has 2 aromatic rings. The third kappa shape index (κ3) is 4.04. The minimum atomic E-state index is 0.0679. The van der Waals surface area contributed by atoms with E-state index in [1.807, 2.05) is 29.5 Å². The Labute approximate surface area is 131 Å². The van der Waals surface area contributed by atoms with E-state index in [2.05, 4.69) is 40.4 Å². The molecule has 1 aromatic carbocycles. The molecule has 0 fully saturated rings. The summed E-state index contributed by atoms with van der Waals surface area (Å²) in [6.07, 6.45) is 1.95. The van der Waals surface area contributed by atoms with Gasteiger partial charge in [-0.3, -0.25) is 11.3 Å². The summed E-state index contributed by atoms with van der Waals surface area (Å²) in [4.78, 5) is 2.73.